The van der Waals surface area contributed by atoms with E-state index >= 15 is 0 Å². The summed E-state index contributed by atoms with van der Waals surface area (Å²) >= 11 is 0. The smallest absolute Gasteiger partial charge is 0.261 e. The van der Waals surface area contributed by atoms with E-state index in [9.17, 15) is 18.8 Å². The van der Waals surface area contributed by atoms with Crippen LogP contribution in [0.25, 0.3) is 10.9 Å². The summed E-state index contributed by atoms with van der Waals surface area (Å²) in [6, 6.07) is 13.1. The quantitative estimate of drug-likeness (QED) is 0.519. The van der Waals surface area contributed by atoms with Gasteiger partial charge in [-0.05, 0) is 35.7 Å². The van der Waals surface area contributed by atoms with Crippen molar-refractivity contribution < 1.29 is 18.7 Å². The Labute approximate surface area is 202 Å². The van der Waals surface area contributed by atoms with E-state index in [2.05, 4.69) is 4.98 Å². The van der Waals surface area contributed by atoms with Gasteiger partial charge in [0.2, 0.25) is 11.8 Å². The number of benzene rings is 2. The summed E-state index contributed by atoms with van der Waals surface area (Å²) in [6.07, 6.45) is 0.893. The van der Waals surface area contributed by atoms with Crippen molar-refractivity contribution in [3.05, 3.63) is 76.6 Å². The number of halogens is 1. The topological polar surface area (TPSA) is 84.7 Å². The van der Waals surface area contributed by atoms with Crippen molar-refractivity contribution in [3.8, 4) is 0 Å². The van der Waals surface area contributed by atoms with Crippen LogP contribution < -0.4 is 5.56 Å². The molecule has 9 heteroatoms. The van der Waals surface area contributed by atoms with Crippen LogP contribution >= 0.6 is 0 Å². The molecule has 2 aromatic carbocycles. The van der Waals surface area contributed by atoms with E-state index in [4.69, 9.17) is 4.74 Å². The van der Waals surface area contributed by atoms with Crippen LogP contribution in [0, 0.1) is 11.7 Å². The highest BCUT2D eigenvalue weighted by Gasteiger charge is 2.31. The molecule has 1 aliphatic heterocycles. The molecule has 0 aliphatic carbocycles. The highest BCUT2D eigenvalue weighted by Crippen LogP contribution is 2.14. The zero-order valence-electron chi connectivity index (χ0n) is 19.9. The standard InChI is InChI=1S/C26H29FN4O4/c1-18(2)11-29-12-21(35-16-19-6-5-7-20(27)10-19)13-30(14-24(29)32)25(33)15-31-17-28-23-9-4-3-8-22(23)26(31)34/h3-10,17-18,21H,11-16H2,1-2H3/t21-/m1/s1. The number of amides is 2. The van der Waals surface area contributed by atoms with Crippen LogP contribution in [0.1, 0.15) is 19.4 Å². The second kappa shape index (κ2) is 10.8. The van der Waals surface area contributed by atoms with Crippen LogP contribution in [0.2, 0.25) is 0 Å². The van der Waals surface area contributed by atoms with Crippen LogP contribution in [0.5, 0.6) is 0 Å². The van der Waals surface area contributed by atoms with Crippen molar-refractivity contribution in [2.45, 2.75) is 33.1 Å². The lowest BCUT2D eigenvalue weighted by atomic mass is 10.2. The summed E-state index contributed by atoms with van der Waals surface area (Å²) < 4.78 is 20.9. The Hall–Kier alpha value is -3.59. The van der Waals surface area contributed by atoms with Crippen molar-refractivity contribution in [3.63, 3.8) is 0 Å². The first-order chi connectivity index (χ1) is 16.8. The molecule has 0 spiro atoms. The Kier molecular flexibility index (Phi) is 7.55. The molecule has 0 bridgehead atoms. The van der Waals surface area contributed by atoms with Crippen molar-refractivity contribution >= 4 is 22.7 Å². The molecular formula is C26H29FN4O4. The number of nitrogens with zero attached hydrogens (tertiary/aromatic N) is 4. The third-order valence-corrected chi connectivity index (χ3v) is 5.88. The minimum Gasteiger partial charge on any atom is -0.370 e. The summed E-state index contributed by atoms with van der Waals surface area (Å²) in [5, 5.41) is 0.425. The van der Waals surface area contributed by atoms with Crippen LogP contribution in [-0.4, -0.2) is 63.4 Å². The summed E-state index contributed by atoms with van der Waals surface area (Å²) in [4.78, 5) is 46.4. The number of rotatable bonds is 7. The molecule has 0 N–H and O–H groups in total. The molecule has 8 nitrogen and oxygen atoms in total. The molecule has 0 saturated carbocycles. The minimum absolute atomic E-state index is 0.0961. The summed E-state index contributed by atoms with van der Waals surface area (Å²) in [5.74, 6) is -0.654. The molecule has 3 aromatic rings. The molecule has 1 aromatic heterocycles. The summed E-state index contributed by atoms with van der Waals surface area (Å²) in [7, 11) is 0. The van der Waals surface area contributed by atoms with Crippen molar-refractivity contribution in [1.82, 2.24) is 19.4 Å². The highest BCUT2D eigenvalue weighted by molar-refractivity contribution is 5.85. The molecular weight excluding hydrogens is 451 g/mol. The molecule has 1 atom stereocenters. The van der Waals surface area contributed by atoms with Gasteiger partial charge in [0.1, 0.15) is 12.4 Å². The lowest BCUT2D eigenvalue weighted by molar-refractivity contribution is -0.139. The van der Waals surface area contributed by atoms with E-state index in [0.717, 1.165) is 0 Å². The fraction of sp³-hybridized carbons (Fsp3) is 0.385. The van der Waals surface area contributed by atoms with Gasteiger partial charge >= 0.3 is 0 Å². The van der Waals surface area contributed by atoms with E-state index in [1.165, 1.54) is 27.9 Å². The van der Waals surface area contributed by atoms with E-state index in [0.29, 0.717) is 29.6 Å². The van der Waals surface area contributed by atoms with Gasteiger partial charge in [0, 0.05) is 19.6 Å². The Bertz CT molecular complexity index is 1280. The Morgan fingerprint density at radius 3 is 2.71 bits per heavy atom. The van der Waals surface area contributed by atoms with E-state index in [-0.39, 0.29) is 55.3 Å². The predicted molar refractivity (Wildman–Crippen MR) is 129 cm³/mol. The third-order valence-electron chi connectivity index (χ3n) is 5.88. The number of hydrogen-bond acceptors (Lipinski definition) is 5. The maximum atomic E-state index is 13.6. The Morgan fingerprint density at radius 1 is 1.14 bits per heavy atom. The van der Waals surface area contributed by atoms with E-state index in [1.54, 1.807) is 41.3 Å². The molecule has 1 aliphatic rings. The molecule has 2 amide bonds. The average molecular weight is 481 g/mol. The Morgan fingerprint density at radius 2 is 1.94 bits per heavy atom. The summed E-state index contributed by atoms with van der Waals surface area (Å²) in [5.41, 5.74) is 0.911. The zero-order chi connectivity index (χ0) is 24.9. The largest absolute Gasteiger partial charge is 0.370 e. The number of ether oxygens (including phenoxy) is 1. The van der Waals surface area contributed by atoms with Gasteiger partial charge in [0.25, 0.3) is 5.56 Å². The lowest BCUT2D eigenvalue weighted by Crippen LogP contribution is -2.42. The number of para-hydroxylation sites is 1. The van der Waals surface area contributed by atoms with Gasteiger partial charge in [-0.1, -0.05) is 38.1 Å². The number of carbonyl (C=O) groups excluding carboxylic acids is 2. The van der Waals surface area contributed by atoms with Gasteiger partial charge in [-0.25, -0.2) is 9.37 Å². The third kappa shape index (κ3) is 6.10. The fourth-order valence-corrected chi connectivity index (χ4v) is 4.20. The number of fused-ring (bicyclic) bond motifs is 1. The normalized spacial score (nSPS) is 16.7. The maximum absolute atomic E-state index is 13.6. The lowest BCUT2D eigenvalue weighted by Gasteiger charge is -2.26. The van der Waals surface area contributed by atoms with Crippen LogP contribution in [0.15, 0.2) is 59.7 Å². The summed E-state index contributed by atoms with van der Waals surface area (Å²) in [6.45, 7) is 4.91. The van der Waals surface area contributed by atoms with Gasteiger partial charge in [0.15, 0.2) is 0 Å². The SMILES string of the molecule is CC(C)CN1C[C@@H](OCc2cccc(F)c2)CN(C(=O)Cn2cnc3ccccc3c2=O)CC1=O. The van der Waals surface area contributed by atoms with Crippen molar-refractivity contribution in [2.24, 2.45) is 5.92 Å². The molecule has 1 fully saturated rings. The second-order valence-corrected chi connectivity index (χ2v) is 9.22. The monoisotopic (exact) mass is 480 g/mol. The highest BCUT2D eigenvalue weighted by atomic mass is 19.1. The predicted octanol–water partition coefficient (Wildman–Crippen LogP) is 2.45. The first-order valence-corrected chi connectivity index (χ1v) is 11.7. The number of aromatic nitrogens is 2. The molecule has 35 heavy (non-hydrogen) atoms. The van der Waals surface area contributed by atoms with Gasteiger partial charge in [-0.15, -0.1) is 0 Å². The van der Waals surface area contributed by atoms with Crippen LogP contribution in [0.4, 0.5) is 4.39 Å². The second-order valence-electron chi connectivity index (χ2n) is 9.22. The maximum Gasteiger partial charge on any atom is 0.261 e. The van der Waals surface area contributed by atoms with Crippen molar-refractivity contribution in [1.29, 1.82) is 0 Å². The number of hydrogen-bond donors (Lipinski definition) is 0. The average Bonchev–Trinajstić information content (AvgIpc) is 2.98. The number of carbonyl (C=O) groups is 2. The van der Waals surface area contributed by atoms with E-state index in [1.807, 2.05) is 13.8 Å². The fourth-order valence-electron chi connectivity index (χ4n) is 4.20. The molecule has 0 radical (unpaired) electrons. The molecule has 4 rings (SSSR count). The van der Waals surface area contributed by atoms with Crippen molar-refractivity contribution in [2.75, 3.05) is 26.2 Å². The van der Waals surface area contributed by atoms with Crippen LogP contribution in [0.3, 0.4) is 0 Å². The van der Waals surface area contributed by atoms with Gasteiger partial charge in [0.05, 0.1) is 36.5 Å². The first kappa shape index (κ1) is 24.5. The first-order valence-electron chi connectivity index (χ1n) is 11.7. The molecule has 2 heterocycles. The van der Waals surface area contributed by atoms with Gasteiger partial charge in [-0.2, -0.15) is 0 Å². The van der Waals surface area contributed by atoms with Crippen LogP contribution in [-0.2, 0) is 27.5 Å². The molecule has 184 valence electrons. The Balaban J connectivity index is 1.52. The van der Waals surface area contributed by atoms with E-state index < -0.39 is 6.10 Å². The minimum atomic E-state index is -0.459. The molecule has 0 unspecified atom stereocenters. The van der Waals surface area contributed by atoms with Gasteiger partial charge in [-0.3, -0.25) is 19.0 Å². The zero-order valence-corrected chi connectivity index (χ0v) is 19.9. The molecule has 1 saturated heterocycles. The van der Waals surface area contributed by atoms with Gasteiger partial charge < -0.3 is 14.5 Å².